The van der Waals surface area contributed by atoms with Gasteiger partial charge in [0.05, 0.1) is 16.7 Å². The second kappa shape index (κ2) is 5.70. The molecular weight excluding hydrogens is 356 g/mol. The molecule has 2 aromatic carbocycles. The topological polar surface area (TPSA) is 34.2 Å². The molecule has 27 heavy (non-hydrogen) atoms. The van der Waals surface area contributed by atoms with Crippen LogP contribution in [0.25, 0.3) is 21.9 Å². The number of benzene rings is 2. The van der Waals surface area contributed by atoms with Gasteiger partial charge in [0.2, 0.25) is 0 Å². The molecule has 1 aromatic heterocycles. The van der Waals surface area contributed by atoms with Crippen LogP contribution in [0, 0.1) is 0 Å². The number of aromatic nitrogens is 1. The average molecular weight is 379 g/mol. The molecule has 3 aromatic rings. The number of hydrogen-bond acceptors (Lipinski definition) is 3. The van der Waals surface area contributed by atoms with Gasteiger partial charge in [-0.15, -0.1) is 0 Å². The summed E-state index contributed by atoms with van der Waals surface area (Å²) in [5.41, 5.74) is 4.49. The highest BCUT2D eigenvalue weighted by Crippen LogP contribution is 2.52. The predicted octanol–water partition coefficient (Wildman–Crippen LogP) is 5.81. The fourth-order valence-electron chi connectivity index (χ4n) is 5.11. The highest BCUT2D eigenvalue weighted by Gasteiger charge is 2.53. The van der Waals surface area contributed by atoms with Gasteiger partial charge in [0.25, 0.3) is 0 Å². The van der Waals surface area contributed by atoms with Crippen molar-refractivity contribution in [3.8, 4) is 11.1 Å². The third kappa shape index (κ3) is 2.41. The summed E-state index contributed by atoms with van der Waals surface area (Å²) in [6, 6.07) is 12.7. The molecule has 2 aliphatic heterocycles. The molecule has 2 aliphatic rings. The van der Waals surface area contributed by atoms with Crippen LogP contribution in [0.15, 0.2) is 48.8 Å². The summed E-state index contributed by atoms with van der Waals surface area (Å²) in [5, 5.41) is 6.73. The molecule has 3 nitrogen and oxygen atoms in total. The van der Waals surface area contributed by atoms with Crippen LogP contribution >= 0.6 is 11.6 Å². The lowest BCUT2D eigenvalue weighted by atomic mass is 9.66. The summed E-state index contributed by atoms with van der Waals surface area (Å²) in [6.45, 7) is 7.55. The predicted molar refractivity (Wildman–Crippen MR) is 112 cm³/mol. The van der Waals surface area contributed by atoms with Gasteiger partial charge in [0, 0.05) is 41.1 Å². The van der Waals surface area contributed by atoms with Gasteiger partial charge in [-0.1, -0.05) is 36.7 Å². The number of fused-ring (bicyclic) bond motifs is 4. The van der Waals surface area contributed by atoms with Crippen LogP contribution in [0.4, 0.5) is 5.69 Å². The van der Waals surface area contributed by atoms with E-state index in [1.165, 1.54) is 10.9 Å². The molecule has 1 N–H and O–H groups in total. The molecule has 0 amide bonds. The van der Waals surface area contributed by atoms with Gasteiger partial charge in [-0.3, -0.25) is 4.98 Å². The largest absolute Gasteiger partial charge is 0.377 e. The van der Waals surface area contributed by atoms with Crippen molar-refractivity contribution in [1.82, 2.24) is 4.98 Å². The van der Waals surface area contributed by atoms with Crippen LogP contribution in [0.5, 0.6) is 0 Å². The SMILES string of the molecule is CC1(C)Nc2cc(Cl)c(-c3cccc4cnccc34)cc2C2(C)CCOC12. The van der Waals surface area contributed by atoms with Crippen molar-refractivity contribution in [2.24, 2.45) is 0 Å². The van der Waals surface area contributed by atoms with Crippen molar-refractivity contribution in [1.29, 1.82) is 0 Å². The minimum Gasteiger partial charge on any atom is -0.377 e. The maximum absolute atomic E-state index is 6.79. The van der Waals surface area contributed by atoms with E-state index in [0.29, 0.717) is 0 Å². The van der Waals surface area contributed by atoms with Crippen LogP contribution in [0.2, 0.25) is 5.02 Å². The average Bonchev–Trinajstić information content (AvgIpc) is 3.05. The summed E-state index contributed by atoms with van der Waals surface area (Å²) >= 11 is 6.79. The van der Waals surface area contributed by atoms with Crippen LogP contribution in [0.3, 0.4) is 0 Å². The Kier molecular flexibility index (Phi) is 3.59. The quantitative estimate of drug-likeness (QED) is 0.580. The lowest BCUT2D eigenvalue weighted by molar-refractivity contribution is 0.0353. The number of pyridine rings is 1. The first-order chi connectivity index (χ1) is 12.9. The Bertz CT molecular complexity index is 1060. The number of anilines is 1. The smallest absolute Gasteiger partial charge is 0.0894 e. The van der Waals surface area contributed by atoms with E-state index >= 15 is 0 Å². The fraction of sp³-hybridized carbons (Fsp3) is 0.348. The molecule has 2 unspecified atom stereocenters. The van der Waals surface area contributed by atoms with E-state index in [2.05, 4.69) is 67.5 Å². The maximum Gasteiger partial charge on any atom is 0.0894 e. The molecule has 138 valence electrons. The Hall–Kier alpha value is -2.10. The van der Waals surface area contributed by atoms with Crippen molar-refractivity contribution in [3.63, 3.8) is 0 Å². The third-order valence-corrected chi connectivity index (χ3v) is 6.60. The van der Waals surface area contributed by atoms with E-state index in [4.69, 9.17) is 16.3 Å². The lowest BCUT2D eigenvalue weighted by Crippen LogP contribution is -2.56. The summed E-state index contributed by atoms with van der Waals surface area (Å²) in [6.07, 6.45) is 4.90. The molecule has 1 fully saturated rings. The normalized spacial score (nSPS) is 25.7. The molecule has 0 saturated carbocycles. The first-order valence-corrected chi connectivity index (χ1v) is 9.85. The molecule has 0 aliphatic carbocycles. The first-order valence-electron chi connectivity index (χ1n) is 9.47. The minimum absolute atomic E-state index is 0.0183. The standard InChI is InChI=1S/C23H23ClN2O/c1-22(2)21-23(3,8-10-27-21)18-11-17(19(24)12-20(18)26-22)16-6-4-5-14-13-25-9-7-15(14)16/h4-7,9,11-13,21,26H,8,10H2,1-3H3. The first kappa shape index (κ1) is 17.0. The van der Waals surface area contributed by atoms with Crippen molar-refractivity contribution in [2.45, 2.75) is 44.2 Å². The second-order valence-corrected chi connectivity index (χ2v) is 8.95. The van der Waals surface area contributed by atoms with E-state index in [-0.39, 0.29) is 17.1 Å². The van der Waals surface area contributed by atoms with Gasteiger partial charge in [-0.25, -0.2) is 0 Å². The Morgan fingerprint density at radius 3 is 2.85 bits per heavy atom. The summed E-state index contributed by atoms with van der Waals surface area (Å²) in [7, 11) is 0. The number of nitrogens with one attached hydrogen (secondary N) is 1. The van der Waals surface area contributed by atoms with Gasteiger partial charge in [0.1, 0.15) is 0 Å². The summed E-state index contributed by atoms with van der Waals surface area (Å²) in [4.78, 5) is 4.25. The Labute approximate surface area is 164 Å². The van der Waals surface area contributed by atoms with E-state index in [1.54, 1.807) is 0 Å². The Balaban J connectivity index is 1.76. The van der Waals surface area contributed by atoms with Crippen molar-refractivity contribution < 1.29 is 4.74 Å². The zero-order valence-electron chi connectivity index (χ0n) is 15.8. The van der Waals surface area contributed by atoms with E-state index in [9.17, 15) is 0 Å². The molecular formula is C23H23ClN2O. The zero-order valence-corrected chi connectivity index (χ0v) is 16.6. The third-order valence-electron chi connectivity index (χ3n) is 6.29. The van der Waals surface area contributed by atoms with Crippen LogP contribution in [0.1, 0.15) is 32.8 Å². The zero-order chi connectivity index (χ0) is 18.8. The molecule has 1 saturated heterocycles. The molecule has 0 radical (unpaired) electrons. The molecule has 2 atom stereocenters. The lowest BCUT2D eigenvalue weighted by Gasteiger charge is -2.48. The van der Waals surface area contributed by atoms with Gasteiger partial charge in [-0.05, 0) is 55.0 Å². The van der Waals surface area contributed by atoms with Gasteiger partial charge in [-0.2, -0.15) is 0 Å². The minimum atomic E-state index is -0.131. The van der Waals surface area contributed by atoms with Crippen LogP contribution in [-0.2, 0) is 10.2 Å². The number of rotatable bonds is 1. The van der Waals surface area contributed by atoms with Gasteiger partial charge in [0.15, 0.2) is 0 Å². The molecule has 0 spiro atoms. The van der Waals surface area contributed by atoms with Crippen molar-refractivity contribution >= 4 is 28.1 Å². The second-order valence-electron chi connectivity index (χ2n) is 8.55. The van der Waals surface area contributed by atoms with Crippen LogP contribution < -0.4 is 5.32 Å². The van der Waals surface area contributed by atoms with Crippen molar-refractivity contribution in [3.05, 3.63) is 59.4 Å². The molecule has 4 heteroatoms. The maximum atomic E-state index is 6.79. The number of ether oxygens (including phenoxy) is 1. The monoisotopic (exact) mass is 378 g/mol. The molecule has 0 bridgehead atoms. The Morgan fingerprint density at radius 1 is 1.15 bits per heavy atom. The number of halogens is 1. The fourth-order valence-corrected chi connectivity index (χ4v) is 5.38. The number of hydrogen-bond donors (Lipinski definition) is 1. The number of nitrogens with zero attached hydrogens (tertiary/aromatic N) is 1. The molecule has 5 rings (SSSR count). The highest BCUT2D eigenvalue weighted by molar-refractivity contribution is 6.34. The Morgan fingerprint density at radius 2 is 2.00 bits per heavy atom. The van der Waals surface area contributed by atoms with Crippen molar-refractivity contribution in [2.75, 3.05) is 11.9 Å². The summed E-state index contributed by atoms with van der Waals surface area (Å²) < 4.78 is 6.17. The van der Waals surface area contributed by atoms with E-state index < -0.39 is 0 Å². The summed E-state index contributed by atoms with van der Waals surface area (Å²) in [5.74, 6) is 0. The van der Waals surface area contributed by atoms with E-state index in [1.807, 2.05) is 12.4 Å². The van der Waals surface area contributed by atoms with E-state index in [0.717, 1.165) is 40.3 Å². The molecule has 3 heterocycles. The van der Waals surface area contributed by atoms with Gasteiger partial charge >= 0.3 is 0 Å². The highest BCUT2D eigenvalue weighted by atomic mass is 35.5. The van der Waals surface area contributed by atoms with Gasteiger partial charge < -0.3 is 10.1 Å². The van der Waals surface area contributed by atoms with Crippen LogP contribution in [-0.4, -0.2) is 23.2 Å².